The van der Waals surface area contributed by atoms with E-state index in [1.165, 1.54) is 80.4 Å². The molecule has 0 aliphatic rings. The van der Waals surface area contributed by atoms with Crippen LogP contribution in [0.5, 0.6) is 40.4 Å². The van der Waals surface area contributed by atoms with E-state index in [1.54, 1.807) is 18.2 Å². The summed E-state index contributed by atoms with van der Waals surface area (Å²) in [4.78, 5) is 17.2. The molecule has 0 saturated carbocycles. The van der Waals surface area contributed by atoms with Crippen LogP contribution in [0.15, 0.2) is 48.1 Å². The molecule has 2 aromatic carbocycles. The lowest BCUT2D eigenvalue weighted by atomic mass is 10.1. The molecule has 0 fully saturated rings. The van der Waals surface area contributed by atoms with Crippen LogP contribution in [-0.4, -0.2) is 69.0 Å². The Bertz CT molecular complexity index is 1650. The van der Waals surface area contributed by atoms with Gasteiger partial charge >= 0.3 is 0 Å². The Morgan fingerprint density at radius 2 is 1.48 bits per heavy atom. The molecule has 1 heterocycles. The van der Waals surface area contributed by atoms with E-state index in [0.29, 0.717) is 34.1 Å². The summed E-state index contributed by atoms with van der Waals surface area (Å²) in [6.45, 7) is 0. The minimum atomic E-state index is -3.78. The number of carbonyl (C=O) groups excluding carboxylic acids is 1. The van der Waals surface area contributed by atoms with Crippen LogP contribution in [0.1, 0.15) is 21.5 Å². The number of nitrogens with zero attached hydrogens (tertiary/aromatic N) is 1. The number of methoxy groups -OCH3 is 7. The lowest BCUT2D eigenvalue weighted by molar-refractivity contribution is 0.104. The average molecular weight is 649 g/mol. The lowest BCUT2D eigenvalue weighted by Crippen LogP contribution is -2.04. The van der Waals surface area contributed by atoms with Crippen molar-refractivity contribution in [1.82, 2.24) is 4.98 Å². The Balaban J connectivity index is 1.84. The van der Waals surface area contributed by atoms with Crippen LogP contribution in [0.4, 0.5) is 5.69 Å². The number of hydrogen-bond acceptors (Lipinski definition) is 12. The van der Waals surface area contributed by atoms with Crippen LogP contribution in [0.3, 0.4) is 0 Å². The molecule has 12 nitrogen and oxygen atoms in total. The second-order valence-electron chi connectivity index (χ2n) is 8.80. The molecular formula is C30H33ClN2O10S. The first-order valence-electron chi connectivity index (χ1n) is 12.8. The lowest BCUT2D eigenvalue weighted by Gasteiger charge is -2.15. The molecule has 0 aliphatic carbocycles. The van der Waals surface area contributed by atoms with E-state index >= 15 is 0 Å². The summed E-state index contributed by atoms with van der Waals surface area (Å²) in [6, 6.07) is 6.23. The zero-order chi connectivity index (χ0) is 32.4. The maximum atomic E-state index is 13.0. The number of carbonyl (C=O) groups is 1. The Kier molecular flexibility index (Phi) is 11.7. The van der Waals surface area contributed by atoms with Gasteiger partial charge in [0.25, 0.3) is 0 Å². The first-order chi connectivity index (χ1) is 21.1. The van der Waals surface area contributed by atoms with Crippen molar-refractivity contribution in [2.24, 2.45) is 0 Å². The van der Waals surface area contributed by atoms with Crippen LogP contribution in [0, 0.1) is 0 Å². The number of rotatable bonds is 15. The summed E-state index contributed by atoms with van der Waals surface area (Å²) < 4.78 is 63.3. The highest BCUT2D eigenvalue weighted by molar-refractivity contribution is 7.93. The minimum Gasteiger partial charge on any atom is -0.496 e. The molecular weight excluding hydrogens is 616 g/mol. The van der Waals surface area contributed by atoms with E-state index in [9.17, 15) is 13.2 Å². The molecule has 0 saturated heterocycles. The highest BCUT2D eigenvalue weighted by atomic mass is 35.5. The number of allylic oxidation sites excluding steroid dienone is 1. The second kappa shape index (κ2) is 15.2. The fraction of sp³-hybridized carbons (Fsp3) is 0.267. The topological polar surface area (TPSA) is 141 Å². The third kappa shape index (κ3) is 7.85. The van der Waals surface area contributed by atoms with Crippen molar-refractivity contribution in [2.75, 3.05) is 55.1 Å². The summed E-state index contributed by atoms with van der Waals surface area (Å²) >= 11 is 6.41. The fourth-order valence-electron chi connectivity index (χ4n) is 4.09. The van der Waals surface area contributed by atoms with Gasteiger partial charge < -0.3 is 38.5 Å². The van der Waals surface area contributed by atoms with Gasteiger partial charge in [0.05, 0.1) is 66.1 Å². The molecule has 0 bridgehead atoms. The van der Waals surface area contributed by atoms with E-state index in [2.05, 4.69) is 10.3 Å². The van der Waals surface area contributed by atoms with Gasteiger partial charge in [0, 0.05) is 41.6 Å². The quantitative estimate of drug-likeness (QED) is 0.171. The van der Waals surface area contributed by atoms with Gasteiger partial charge in [-0.2, -0.15) is 0 Å². The molecule has 44 heavy (non-hydrogen) atoms. The molecule has 1 aromatic heterocycles. The van der Waals surface area contributed by atoms with Gasteiger partial charge in [0.1, 0.15) is 22.9 Å². The molecule has 0 amide bonds. The van der Waals surface area contributed by atoms with Crippen LogP contribution in [-0.2, 0) is 15.6 Å². The van der Waals surface area contributed by atoms with Gasteiger partial charge in [-0.15, -0.1) is 0 Å². The third-order valence-corrected chi connectivity index (χ3v) is 7.83. The van der Waals surface area contributed by atoms with E-state index in [4.69, 9.17) is 44.8 Å². The summed E-state index contributed by atoms with van der Waals surface area (Å²) in [7, 11) is 6.28. The molecule has 1 N–H and O–H groups in total. The average Bonchev–Trinajstić information content (AvgIpc) is 3.02. The van der Waals surface area contributed by atoms with Crippen LogP contribution >= 0.6 is 11.6 Å². The van der Waals surface area contributed by atoms with Crippen molar-refractivity contribution in [3.05, 3.63) is 69.9 Å². The first-order valence-corrected chi connectivity index (χ1v) is 14.8. The van der Waals surface area contributed by atoms with Crippen molar-refractivity contribution in [2.45, 2.75) is 5.75 Å². The van der Waals surface area contributed by atoms with E-state index in [1.807, 2.05) is 0 Å². The molecule has 0 radical (unpaired) electrons. The van der Waals surface area contributed by atoms with Gasteiger partial charge in [-0.25, -0.2) is 13.4 Å². The Morgan fingerprint density at radius 1 is 0.841 bits per heavy atom. The summed E-state index contributed by atoms with van der Waals surface area (Å²) in [6.07, 6.45) is 5.36. The number of sulfone groups is 1. The number of halogens is 1. The van der Waals surface area contributed by atoms with Crippen molar-refractivity contribution < 1.29 is 46.4 Å². The Labute approximate surface area is 261 Å². The Hall–Kier alpha value is -4.62. The predicted molar refractivity (Wildman–Crippen MR) is 167 cm³/mol. The standard InChI is InChI=1S/C30H33ClN2O10S/c1-37-19-13-24(38-2)20(25(14-19)39-3)9-11-44(35,36)17-18-12-22(30(43-7)33-16-18)32-10-8-23(34)21-15-26(40-4)28(41-5)29(42-6)27(21)31/h8-16,32H,17H2,1-7H3. The summed E-state index contributed by atoms with van der Waals surface area (Å²) in [5.74, 6) is 1.23. The maximum absolute atomic E-state index is 13.0. The zero-order valence-electron chi connectivity index (χ0n) is 25.2. The zero-order valence-corrected chi connectivity index (χ0v) is 26.8. The van der Waals surface area contributed by atoms with Crippen molar-refractivity contribution in [3.63, 3.8) is 0 Å². The van der Waals surface area contributed by atoms with E-state index in [0.717, 1.165) is 5.41 Å². The van der Waals surface area contributed by atoms with Crippen molar-refractivity contribution in [1.29, 1.82) is 0 Å². The number of nitrogens with one attached hydrogen (secondary N) is 1. The predicted octanol–water partition coefficient (Wildman–Crippen LogP) is 5.19. The van der Waals surface area contributed by atoms with Gasteiger partial charge in [0.15, 0.2) is 27.1 Å². The monoisotopic (exact) mass is 648 g/mol. The van der Waals surface area contributed by atoms with Crippen LogP contribution in [0.2, 0.25) is 5.02 Å². The molecule has 0 aliphatic heterocycles. The van der Waals surface area contributed by atoms with Crippen LogP contribution in [0.25, 0.3) is 6.08 Å². The van der Waals surface area contributed by atoms with Crippen LogP contribution < -0.4 is 38.5 Å². The number of hydrogen-bond donors (Lipinski definition) is 1. The molecule has 3 rings (SSSR count). The summed E-state index contributed by atoms with van der Waals surface area (Å²) in [5.41, 5.74) is 1.22. The number of ketones is 1. The fourth-order valence-corrected chi connectivity index (χ4v) is 5.46. The minimum absolute atomic E-state index is 0.0455. The van der Waals surface area contributed by atoms with Gasteiger partial charge in [-0.3, -0.25) is 4.79 Å². The van der Waals surface area contributed by atoms with Gasteiger partial charge in [-0.1, -0.05) is 11.6 Å². The number of benzene rings is 2. The number of anilines is 1. The maximum Gasteiger partial charge on any atom is 0.237 e. The molecule has 14 heteroatoms. The Morgan fingerprint density at radius 3 is 2.02 bits per heavy atom. The van der Waals surface area contributed by atoms with Gasteiger partial charge in [-0.05, 0) is 23.8 Å². The highest BCUT2D eigenvalue weighted by Crippen LogP contribution is 2.44. The molecule has 0 unspecified atom stereocenters. The third-order valence-electron chi connectivity index (χ3n) is 6.17. The first kappa shape index (κ1) is 33.9. The summed E-state index contributed by atoms with van der Waals surface area (Å²) in [5, 5.41) is 4.02. The van der Waals surface area contributed by atoms with Gasteiger partial charge in [0.2, 0.25) is 11.6 Å². The smallest absolute Gasteiger partial charge is 0.237 e. The number of aromatic nitrogens is 1. The largest absolute Gasteiger partial charge is 0.496 e. The van der Waals surface area contributed by atoms with E-state index < -0.39 is 15.6 Å². The highest BCUT2D eigenvalue weighted by Gasteiger charge is 2.22. The molecule has 0 spiro atoms. The SMILES string of the molecule is COc1cc(OC)c(C=CS(=O)(=O)Cc2cnc(OC)c(NC=CC(=O)c3cc(OC)c(OC)c(OC)c3Cl)c2)c(OC)c1. The molecule has 3 aromatic rings. The number of ether oxygens (including phenoxy) is 7. The number of pyridine rings is 1. The van der Waals surface area contributed by atoms with E-state index in [-0.39, 0.29) is 39.5 Å². The molecule has 236 valence electrons. The van der Waals surface area contributed by atoms with Crippen molar-refractivity contribution >= 4 is 39.0 Å². The van der Waals surface area contributed by atoms with Crippen molar-refractivity contribution in [3.8, 4) is 40.4 Å². The second-order valence-corrected chi connectivity index (χ2v) is 11.1. The normalized spacial score (nSPS) is 11.4. The molecule has 0 atom stereocenters.